The van der Waals surface area contributed by atoms with Crippen LogP contribution >= 0.6 is 0 Å². The molecule has 4 heteroatoms. The Kier molecular flexibility index (Phi) is 3.55. The zero-order chi connectivity index (χ0) is 15.0. The zero-order valence-corrected chi connectivity index (χ0v) is 13.0. The molecule has 4 nitrogen and oxygen atoms in total. The van der Waals surface area contributed by atoms with E-state index >= 15 is 0 Å². The quantitative estimate of drug-likeness (QED) is 0.795. The number of hydrogen-bond donors (Lipinski definition) is 1. The van der Waals surface area contributed by atoms with E-state index in [1.807, 2.05) is 13.8 Å². The molecule has 2 heterocycles. The lowest BCUT2D eigenvalue weighted by molar-refractivity contribution is 0.390. The maximum Gasteiger partial charge on any atom is 0.138 e. The fraction of sp³-hybridized carbons (Fsp3) is 0.353. The molecule has 1 N–H and O–H groups in total. The van der Waals surface area contributed by atoms with Gasteiger partial charge in [0.1, 0.15) is 5.76 Å². The molecule has 1 unspecified atom stereocenters. The van der Waals surface area contributed by atoms with Crippen LogP contribution < -0.4 is 5.32 Å². The van der Waals surface area contributed by atoms with Gasteiger partial charge in [-0.25, -0.2) is 0 Å². The molecule has 2 aromatic heterocycles. The van der Waals surface area contributed by atoms with E-state index in [9.17, 15) is 0 Å². The summed E-state index contributed by atoms with van der Waals surface area (Å²) in [5.41, 5.74) is 4.70. The Morgan fingerprint density at radius 1 is 1.29 bits per heavy atom. The molecule has 0 spiro atoms. The van der Waals surface area contributed by atoms with Gasteiger partial charge in [-0.15, -0.1) is 0 Å². The highest BCUT2D eigenvalue weighted by Crippen LogP contribution is 2.23. The number of aromatic nitrogens is 2. The summed E-state index contributed by atoms with van der Waals surface area (Å²) in [5.74, 6) is 0.894. The SMILES string of the molecule is Cc1noc(C)c1C(C)NCc1cn(C)c2ccccc12. The first-order valence-electron chi connectivity index (χ1n) is 7.27. The predicted octanol–water partition coefficient (Wildman–Crippen LogP) is 3.63. The van der Waals surface area contributed by atoms with Crippen molar-refractivity contribution in [2.75, 3.05) is 0 Å². The van der Waals surface area contributed by atoms with Gasteiger partial charge in [0.25, 0.3) is 0 Å². The van der Waals surface area contributed by atoms with Crippen molar-refractivity contribution < 1.29 is 4.52 Å². The summed E-state index contributed by atoms with van der Waals surface area (Å²) >= 11 is 0. The molecule has 3 rings (SSSR count). The van der Waals surface area contributed by atoms with E-state index in [1.165, 1.54) is 16.5 Å². The van der Waals surface area contributed by atoms with E-state index in [2.05, 4.69) is 59.5 Å². The average molecular weight is 283 g/mol. The average Bonchev–Trinajstić information content (AvgIpc) is 2.98. The molecule has 0 aliphatic heterocycles. The molecular formula is C17H21N3O. The van der Waals surface area contributed by atoms with Crippen LogP contribution in [-0.2, 0) is 13.6 Å². The van der Waals surface area contributed by atoms with E-state index in [0.717, 1.165) is 23.6 Å². The summed E-state index contributed by atoms with van der Waals surface area (Å²) in [7, 11) is 2.09. The van der Waals surface area contributed by atoms with Gasteiger partial charge in [0.15, 0.2) is 0 Å². The Hall–Kier alpha value is -2.07. The molecule has 0 aliphatic carbocycles. The van der Waals surface area contributed by atoms with Gasteiger partial charge < -0.3 is 14.4 Å². The summed E-state index contributed by atoms with van der Waals surface area (Å²) in [6.45, 7) is 6.93. The lowest BCUT2D eigenvalue weighted by Gasteiger charge is -2.13. The smallest absolute Gasteiger partial charge is 0.138 e. The van der Waals surface area contributed by atoms with Crippen LogP contribution in [0, 0.1) is 13.8 Å². The molecule has 21 heavy (non-hydrogen) atoms. The van der Waals surface area contributed by atoms with Crippen molar-refractivity contribution in [3.05, 3.63) is 53.0 Å². The van der Waals surface area contributed by atoms with E-state index in [1.54, 1.807) is 0 Å². The number of nitrogens with zero attached hydrogens (tertiary/aromatic N) is 2. The Labute approximate surface area is 124 Å². The molecule has 0 saturated heterocycles. The second kappa shape index (κ2) is 5.37. The number of benzene rings is 1. The highest BCUT2D eigenvalue weighted by Gasteiger charge is 2.16. The predicted molar refractivity (Wildman–Crippen MR) is 84.2 cm³/mol. The molecule has 1 aromatic carbocycles. The summed E-state index contributed by atoms with van der Waals surface area (Å²) in [6.07, 6.45) is 2.19. The van der Waals surface area contributed by atoms with Crippen molar-refractivity contribution in [1.29, 1.82) is 0 Å². The van der Waals surface area contributed by atoms with Crippen molar-refractivity contribution >= 4 is 10.9 Å². The zero-order valence-electron chi connectivity index (χ0n) is 13.0. The number of para-hydroxylation sites is 1. The van der Waals surface area contributed by atoms with Gasteiger partial charge in [-0.05, 0) is 32.4 Å². The Morgan fingerprint density at radius 2 is 2.05 bits per heavy atom. The molecule has 0 amide bonds. The number of aryl methyl sites for hydroxylation is 3. The molecular weight excluding hydrogens is 262 g/mol. The second-order valence-corrected chi connectivity index (χ2v) is 5.62. The molecule has 1 atom stereocenters. The number of nitrogens with one attached hydrogen (secondary N) is 1. The monoisotopic (exact) mass is 283 g/mol. The van der Waals surface area contributed by atoms with Gasteiger partial charge in [-0.1, -0.05) is 23.4 Å². The fourth-order valence-corrected chi connectivity index (χ4v) is 3.04. The first-order chi connectivity index (χ1) is 10.1. The molecule has 0 saturated carbocycles. The Bertz CT molecular complexity index is 750. The van der Waals surface area contributed by atoms with Crippen molar-refractivity contribution in [2.24, 2.45) is 7.05 Å². The van der Waals surface area contributed by atoms with Crippen molar-refractivity contribution in [3.8, 4) is 0 Å². The van der Waals surface area contributed by atoms with Crippen LogP contribution in [0.25, 0.3) is 10.9 Å². The second-order valence-electron chi connectivity index (χ2n) is 5.62. The third-order valence-electron chi connectivity index (χ3n) is 4.10. The Morgan fingerprint density at radius 3 is 2.76 bits per heavy atom. The van der Waals surface area contributed by atoms with Crippen molar-refractivity contribution in [1.82, 2.24) is 15.0 Å². The maximum atomic E-state index is 5.25. The maximum absolute atomic E-state index is 5.25. The lowest BCUT2D eigenvalue weighted by atomic mass is 10.1. The first kappa shape index (κ1) is 13.9. The minimum atomic E-state index is 0.218. The van der Waals surface area contributed by atoms with E-state index in [-0.39, 0.29) is 6.04 Å². The third kappa shape index (κ3) is 2.47. The van der Waals surface area contributed by atoms with Crippen LogP contribution in [0.4, 0.5) is 0 Å². The molecule has 3 aromatic rings. The summed E-state index contributed by atoms with van der Waals surface area (Å²) in [4.78, 5) is 0. The van der Waals surface area contributed by atoms with E-state index in [4.69, 9.17) is 4.52 Å². The molecule has 0 radical (unpaired) electrons. The van der Waals surface area contributed by atoms with Crippen molar-refractivity contribution in [3.63, 3.8) is 0 Å². The van der Waals surface area contributed by atoms with E-state index < -0.39 is 0 Å². The summed E-state index contributed by atoms with van der Waals surface area (Å²) in [6, 6.07) is 8.70. The van der Waals surface area contributed by atoms with Gasteiger partial charge in [-0.3, -0.25) is 0 Å². The van der Waals surface area contributed by atoms with Crippen LogP contribution in [0.3, 0.4) is 0 Å². The topological polar surface area (TPSA) is 43.0 Å². The van der Waals surface area contributed by atoms with Crippen LogP contribution in [0.1, 0.15) is 35.5 Å². The number of rotatable bonds is 4. The van der Waals surface area contributed by atoms with Crippen LogP contribution in [0.5, 0.6) is 0 Å². The van der Waals surface area contributed by atoms with Crippen molar-refractivity contribution in [2.45, 2.75) is 33.4 Å². The standard InChI is InChI=1S/C17H21N3O/c1-11(17-12(2)19-21-13(17)3)18-9-14-10-20(4)16-8-6-5-7-15(14)16/h5-8,10-11,18H,9H2,1-4H3. The Balaban J connectivity index is 1.81. The minimum Gasteiger partial charge on any atom is -0.361 e. The summed E-state index contributed by atoms with van der Waals surface area (Å²) < 4.78 is 7.42. The highest BCUT2D eigenvalue weighted by molar-refractivity contribution is 5.83. The molecule has 0 bridgehead atoms. The largest absolute Gasteiger partial charge is 0.361 e. The highest BCUT2D eigenvalue weighted by atomic mass is 16.5. The first-order valence-corrected chi connectivity index (χ1v) is 7.27. The summed E-state index contributed by atoms with van der Waals surface area (Å²) in [5, 5.41) is 8.91. The van der Waals surface area contributed by atoms with Crippen LogP contribution in [0.15, 0.2) is 35.0 Å². The van der Waals surface area contributed by atoms with Gasteiger partial charge in [-0.2, -0.15) is 0 Å². The van der Waals surface area contributed by atoms with E-state index in [0.29, 0.717) is 0 Å². The van der Waals surface area contributed by atoms with Crippen LogP contribution in [-0.4, -0.2) is 9.72 Å². The number of fused-ring (bicyclic) bond motifs is 1. The molecule has 110 valence electrons. The van der Waals surface area contributed by atoms with Crippen LogP contribution in [0.2, 0.25) is 0 Å². The molecule has 0 fully saturated rings. The van der Waals surface area contributed by atoms with Gasteiger partial charge in [0, 0.05) is 42.3 Å². The van der Waals surface area contributed by atoms with Gasteiger partial charge >= 0.3 is 0 Å². The third-order valence-corrected chi connectivity index (χ3v) is 4.10. The lowest BCUT2D eigenvalue weighted by Crippen LogP contribution is -2.19. The van der Waals surface area contributed by atoms with Gasteiger partial charge in [0.05, 0.1) is 5.69 Å². The number of hydrogen-bond acceptors (Lipinski definition) is 3. The molecule has 0 aliphatic rings. The fourth-order valence-electron chi connectivity index (χ4n) is 3.04. The van der Waals surface area contributed by atoms with Gasteiger partial charge in [0.2, 0.25) is 0 Å². The normalized spacial score (nSPS) is 13.0. The minimum absolute atomic E-state index is 0.218.